The molecule has 1 rings (SSSR count). The molecule has 2 atom stereocenters. The second kappa shape index (κ2) is 8.61. The highest BCUT2D eigenvalue weighted by atomic mass is 16.5. The maximum Gasteiger partial charge on any atom is 0.325 e. The first kappa shape index (κ1) is 17.4. The number of amides is 2. The Labute approximate surface area is 125 Å². The summed E-state index contributed by atoms with van der Waals surface area (Å²) in [5.74, 6) is -1.10. The highest BCUT2D eigenvalue weighted by molar-refractivity contribution is 5.91. The number of hydrogen-bond acceptors (Lipinski definition) is 5. The van der Waals surface area contributed by atoms with Crippen LogP contribution in [0.15, 0.2) is 0 Å². The van der Waals surface area contributed by atoms with Crippen molar-refractivity contribution in [3.8, 4) is 0 Å². The molecule has 0 bridgehead atoms. The van der Waals surface area contributed by atoms with Gasteiger partial charge in [-0.15, -0.1) is 0 Å². The molecule has 1 saturated heterocycles. The van der Waals surface area contributed by atoms with Crippen LogP contribution in [0, 0.1) is 5.92 Å². The van der Waals surface area contributed by atoms with E-state index in [1.54, 1.807) is 6.92 Å². The summed E-state index contributed by atoms with van der Waals surface area (Å²) in [5.41, 5.74) is 0. The van der Waals surface area contributed by atoms with Crippen LogP contribution >= 0.6 is 0 Å². The van der Waals surface area contributed by atoms with E-state index in [2.05, 4.69) is 16.0 Å². The van der Waals surface area contributed by atoms with Gasteiger partial charge in [0.05, 0.1) is 12.6 Å². The lowest BCUT2D eigenvalue weighted by atomic mass is 10.0. The minimum absolute atomic E-state index is 0.0717. The van der Waals surface area contributed by atoms with Gasteiger partial charge in [0.25, 0.3) is 0 Å². The minimum atomic E-state index is -0.658. The summed E-state index contributed by atoms with van der Waals surface area (Å²) >= 11 is 0. The molecular formula is C14H25N3O4. The molecule has 21 heavy (non-hydrogen) atoms. The number of esters is 1. The third-order valence-corrected chi connectivity index (χ3v) is 3.34. The Hall–Kier alpha value is -1.63. The van der Waals surface area contributed by atoms with Crippen molar-refractivity contribution in [2.45, 2.75) is 45.7 Å². The van der Waals surface area contributed by atoms with E-state index in [4.69, 9.17) is 4.74 Å². The largest absolute Gasteiger partial charge is 0.465 e. The van der Waals surface area contributed by atoms with E-state index in [-0.39, 0.29) is 36.9 Å². The monoisotopic (exact) mass is 299 g/mol. The molecule has 0 spiro atoms. The number of nitrogens with one attached hydrogen (secondary N) is 3. The number of carbonyl (C=O) groups is 3. The average molecular weight is 299 g/mol. The van der Waals surface area contributed by atoms with E-state index in [0.29, 0.717) is 0 Å². The summed E-state index contributed by atoms with van der Waals surface area (Å²) < 4.78 is 4.74. The molecule has 0 unspecified atom stereocenters. The molecule has 0 aliphatic carbocycles. The zero-order chi connectivity index (χ0) is 15.8. The van der Waals surface area contributed by atoms with E-state index in [0.717, 1.165) is 19.4 Å². The maximum atomic E-state index is 12.1. The van der Waals surface area contributed by atoms with Gasteiger partial charge in [0.1, 0.15) is 12.6 Å². The third kappa shape index (κ3) is 5.71. The number of ether oxygens (including phenoxy) is 1. The lowest BCUT2D eigenvalue weighted by molar-refractivity contribution is -0.143. The molecular weight excluding hydrogens is 274 g/mol. The summed E-state index contributed by atoms with van der Waals surface area (Å²) in [6.45, 7) is 6.29. The predicted octanol–water partition coefficient (Wildman–Crippen LogP) is -0.441. The summed E-state index contributed by atoms with van der Waals surface area (Å²) in [6.07, 6.45) is 1.74. The van der Waals surface area contributed by atoms with Crippen LogP contribution in [0.5, 0.6) is 0 Å². The molecule has 0 saturated carbocycles. The number of rotatable bonds is 7. The lowest BCUT2D eigenvalue weighted by Gasteiger charge is -2.23. The second-order valence-electron chi connectivity index (χ2n) is 5.40. The first-order valence-electron chi connectivity index (χ1n) is 7.42. The Balaban J connectivity index is 2.49. The van der Waals surface area contributed by atoms with Crippen molar-refractivity contribution in [1.82, 2.24) is 16.0 Å². The van der Waals surface area contributed by atoms with Crippen molar-refractivity contribution in [2.75, 3.05) is 19.7 Å². The molecule has 0 aromatic rings. The van der Waals surface area contributed by atoms with Gasteiger partial charge in [-0.3, -0.25) is 14.4 Å². The molecule has 1 heterocycles. The van der Waals surface area contributed by atoms with Gasteiger partial charge in [0, 0.05) is 0 Å². The Morgan fingerprint density at radius 3 is 2.57 bits per heavy atom. The molecule has 2 amide bonds. The topological polar surface area (TPSA) is 96.5 Å². The second-order valence-corrected chi connectivity index (χ2v) is 5.40. The van der Waals surface area contributed by atoms with Crippen LogP contribution < -0.4 is 16.0 Å². The number of carbonyl (C=O) groups excluding carboxylic acids is 3. The summed E-state index contributed by atoms with van der Waals surface area (Å²) in [4.78, 5) is 35.4. The normalized spacial score (nSPS) is 19.1. The first-order chi connectivity index (χ1) is 9.95. The molecule has 0 aromatic heterocycles. The molecule has 0 aromatic carbocycles. The Bertz CT molecular complexity index is 378. The predicted molar refractivity (Wildman–Crippen MR) is 77.4 cm³/mol. The molecule has 3 N–H and O–H groups in total. The van der Waals surface area contributed by atoms with Gasteiger partial charge in [-0.1, -0.05) is 13.8 Å². The Morgan fingerprint density at radius 1 is 1.33 bits per heavy atom. The van der Waals surface area contributed by atoms with Crippen molar-refractivity contribution >= 4 is 17.8 Å². The van der Waals surface area contributed by atoms with Gasteiger partial charge in [-0.05, 0) is 32.2 Å². The Kier molecular flexibility index (Phi) is 7.14. The summed E-state index contributed by atoms with van der Waals surface area (Å²) in [6, 6.07) is -0.890. The zero-order valence-electron chi connectivity index (χ0n) is 12.9. The van der Waals surface area contributed by atoms with Gasteiger partial charge in [-0.25, -0.2) is 0 Å². The summed E-state index contributed by atoms with van der Waals surface area (Å²) in [7, 11) is 0. The standard InChI is InChI=1S/C14H25N3O4/c1-4-21-11(18)8-16-14(20)12(9(2)3)17-13(19)10-6-5-7-15-10/h9-10,12,15H,4-8H2,1-3H3,(H,16,20)(H,17,19)/t10-,12-/m0/s1. The van der Waals surface area contributed by atoms with Crippen LogP contribution in [0.3, 0.4) is 0 Å². The van der Waals surface area contributed by atoms with Gasteiger partial charge in [0.2, 0.25) is 11.8 Å². The maximum absolute atomic E-state index is 12.1. The van der Waals surface area contributed by atoms with Crippen molar-refractivity contribution in [2.24, 2.45) is 5.92 Å². The van der Waals surface area contributed by atoms with Gasteiger partial charge in [0.15, 0.2) is 0 Å². The smallest absolute Gasteiger partial charge is 0.325 e. The van der Waals surface area contributed by atoms with E-state index in [1.807, 2.05) is 13.8 Å². The van der Waals surface area contributed by atoms with Crippen molar-refractivity contribution in [3.05, 3.63) is 0 Å². The first-order valence-corrected chi connectivity index (χ1v) is 7.42. The molecule has 0 radical (unpaired) electrons. The molecule has 1 aliphatic rings. The van der Waals surface area contributed by atoms with Crippen molar-refractivity contribution in [1.29, 1.82) is 0 Å². The quantitative estimate of drug-likeness (QED) is 0.554. The van der Waals surface area contributed by atoms with Crippen LogP contribution in [0.4, 0.5) is 0 Å². The highest BCUT2D eigenvalue weighted by Gasteiger charge is 2.29. The molecule has 1 aliphatic heterocycles. The van der Waals surface area contributed by atoms with Crippen LogP contribution in [0.25, 0.3) is 0 Å². The van der Waals surface area contributed by atoms with Crippen LogP contribution in [0.2, 0.25) is 0 Å². The van der Waals surface area contributed by atoms with E-state index in [9.17, 15) is 14.4 Å². The zero-order valence-corrected chi connectivity index (χ0v) is 12.9. The van der Waals surface area contributed by atoms with E-state index >= 15 is 0 Å². The lowest BCUT2D eigenvalue weighted by Crippen LogP contribution is -2.54. The van der Waals surface area contributed by atoms with Crippen LogP contribution in [-0.4, -0.2) is 49.6 Å². The summed E-state index contributed by atoms with van der Waals surface area (Å²) in [5, 5.41) is 8.33. The fourth-order valence-electron chi connectivity index (χ4n) is 2.18. The Morgan fingerprint density at radius 2 is 2.05 bits per heavy atom. The molecule has 1 fully saturated rings. The van der Waals surface area contributed by atoms with Crippen molar-refractivity contribution in [3.63, 3.8) is 0 Å². The van der Waals surface area contributed by atoms with Gasteiger partial charge in [-0.2, -0.15) is 0 Å². The number of hydrogen-bond donors (Lipinski definition) is 3. The fourth-order valence-corrected chi connectivity index (χ4v) is 2.18. The highest BCUT2D eigenvalue weighted by Crippen LogP contribution is 2.07. The molecule has 7 heteroatoms. The third-order valence-electron chi connectivity index (χ3n) is 3.34. The van der Waals surface area contributed by atoms with Crippen molar-refractivity contribution < 1.29 is 19.1 Å². The average Bonchev–Trinajstić information content (AvgIpc) is 2.96. The molecule has 120 valence electrons. The van der Waals surface area contributed by atoms with E-state index in [1.165, 1.54) is 0 Å². The van der Waals surface area contributed by atoms with Gasteiger partial charge >= 0.3 is 5.97 Å². The minimum Gasteiger partial charge on any atom is -0.465 e. The van der Waals surface area contributed by atoms with E-state index < -0.39 is 12.0 Å². The molecule has 7 nitrogen and oxygen atoms in total. The van der Waals surface area contributed by atoms with Crippen LogP contribution in [-0.2, 0) is 19.1 Å². The SMILES string of the molecule is CCOC(=O)CNC(=O)[C@@H](NC(=O)[C@@H]1CCCN1)C(C)C. The van der Waals surface area contributed by atoms with Crippen LogP contribution in [0.1, 0.15) is 33.6 Å². The fraction of sp³-hybridized carbons (Fsp3) is 0.786. The van der Waals surface area contributed by atoms with Gasteiger partial charge < -0.3 is 20.7 Å².